The van der Waals surface area contributed by atoms with Crippen LogP contribution in [0, 0.1) is 5.82 Å². The molecule has 4 aromatic rings. The van der Waals surface area contributed by atoms with E-state index in [1.165, 1.54) is 22.8 Å². The molecule has 0 radical (unpaired) electrons. The molecule has 31 heavy (non-hydrogen) atoms. The van der Waals surface area contributed by atoms with Crippen LogP contribution in [0.5, 0.6) is 11.5 Å². The highest BCUT2D eigenvalue weighted by atomic mass is 19.1. The number of aromatic nitrogens is 2. The number of ketones is 1. The van der Waals surface area contributed by atoms with E-state index in [0.717, 1.165) is 6.07 Å². The minimum atomic E-state index is -0.519. The number of nitrogens with zero attached hydrogens (tertiary/aromatic N) is 2. The number of anilines is 1. The lowest BCUT2D eigenvalue weighted by molar-refractivity contribution is -0.116. The summed E-state index contributed by atoms with van der Waals surface area (Å²) in [6, 6.07) is 17.6. The molecule has 0 saturated heterocycles. The van der Waals surface area contributed by atoms with E-state index >= 15 is 0 Å². The minimum absolute atomic E-state index is 0.0626. The first-order valence-electron chi connectivity index (χ1n) is 9.53. The van der Waals surface area contributed by atoms with E-state index in [1.54, 1.807) is 42.5 Å². The summed E-state index contributed by atoms with van der Waals surface area (Å²) in [5.74, 6) is -0.113. The Kier molecular flexibility index (Phi) is 4.59. The normalized spacial score (nSPS) is 12.2. The molecular formula is C23H16FN3O4. The van der Waals surface area contributed by atoms with E-state index in [2.05, 4.69) is 10.3 Å². The summed E-state index contributed by atoms with van der Waals surface area (Å²) in [6.07, 6.45) is 0. The van der Waals surface area contributed by atoms with Crippen molar-refractivity contribution in [3.63, 3.8) is 0 Å². The Balaban J connectivity index is 1.46. The van der Waals surface area contributed by atoms with Gasteiger partial charge in [-0.25, -0.2) is 9.37 Å². The van der Waals surface area contributed by atoms with Crippen LogP contribution in [0.25, 0.3) is 11.0 Å². The summed E-state index contributed by atoms with van der Waals surface area (Å²) in [6.45, 7) is -0.00927. The van der Waals surface area contributed by atoms with Crippen LogP contribution in [0.1, 0.15) is 16.2 Å². The second-order valence-electron chi connectivity index (χ2n) is 6.97. The first-order chi connectivity index (χ1) is 15.1. The number of hydrogen-bond donors (Lipinski definition) is 1. The van der Waals surface area contributed by atoms with Gasteiger partial charge in [0.1, 0.15) is 12.4 Å². The van der Waals surface area contributed by atoms with Crippen molar-refractivity contribution in [2.75, 3.05) is 12.1 Å². The van der Waals surface area contributed by atoms with Crippen LogP contribution < -0.4 is 14.8 Å². The van der Waals surface area contributed by atoms with E-state index in [0.29, 0.717) is 28.2 Å². The zero-order chi connectivity index (χ0) is 21.4. The van der Waals surface area contributed by atoms with E-state index in [4.69, 9.17) is 9.47 Å². The van der Waals surface area contributed by atoms with Gasteiger partial charge < -0.3 is 19.4 Å². The molecule has 1 amide bonds. The number of halogens is 1. The zero-order valence-electron chi connectivity index (χ0n) is 16.2. The third-order valence-electron chi connectivity index (χ3n) is 4.90. The number of ether oxygens (including phenoxy) is 2. The van der Waals surface area contributed by atoms with Crippen molar-refractivity contribution < 1.29 is 23.5 Å². The van der Waals surface area contributed by atoms with Crippen molar-refractivity contribution in [2.45, 2.75) is 6.54 Å². The number of nitrogens with one attached hydrogen (secondary N) is 1. The van der Waals surface area contributed by atoms with Crippen LogP contribution in [0.2, 0.25) is 0 Å². The van der Waals surface area contributed by atoms with Crippen molar-refractivity contribution in [2.24, 2.45) is 0 Å². The van der Waals surface area contributed by atoms with Crippen molar-refractivity contribution >= 4 is 28.4 Å². The first-order valence-corrected chi connectivity index (χ1v) is 9.53. The minimum Gasteiger partial charge on any atom is -0.454 e. The SMILES string of the molecule is O=C(Cn1c(C(=O)c2cccc(F)c2)nc2ccccc21)Nc1ccc2c(c1)OCO2. The number of hydrogen-bond acceptors (Lipinski definition) is 5. The van der Waals surface area contributed by atoms with Crippen LogP contribution in [-0.2, 0) is 11.3 Å². The predicted molar refractivity (Wildman–Crippen MR) is 111 cm³/mol. The molecule has 0 atom stereocenters. The molecule has 154 valence electrons. The quantitative estimate of drug-likeness (QED) is 0.500. The monoisotopic (exact) mass is 417 g/mol. The topological polar surface area (TPSA) is 82.5 Å². The van der Waals surface area contributed by atoms with Crippen LogP contribution in [0.3, 0.4) is 0 Å². The van der Waals surface area contributed by atoms with Crippen LogP contribution in [0.15, 0.2) is 66.7 Å². The van der Waals surface area contributed by atoms with Gasteiger partial charge in [-0.1, -0.05) is 24.3 Å². The van der Waals surface area contributed by atoms with Gasteiger partial charge in [0.2, 0.25) is 18.5 Å². The number of carbonyl (C=O) groups excluding carboxylic acids is 2. The van der Waals surface area contributed by atoms with Crippen molar-refractivity contribution in [1.82, 2.24) is 9.55 Å². The number of fused-ring (bicyclic) bond motifs is 2. The van der Waals surface area contributed by atoms with Gasteiger partial charge in [-0.2, -0.15) is 0 Å². The van der Waals surface area contributed by atoms with Gasteiger partial charge in [0.15, 0.2) is 17.3 Å². The molecule has 0 bridgehead atoms. The van der Waals surface area contributed by atoms with Crippen LogP contribution in [0.4, 0.5) is 10.1 Å². The second kappa shape index (κ2) is 7.56. The lowest BCUT2D eigenvalue weighted by Gasteiger charge is -2.10. The van der Waals surface area contributed by atoms with Crippen molar-refractivity contribution in [3.8, 4) is 11.5 Å². The Bertz CT molecular complexity index is 1330. The molecule has 1 aromatic heterocycles. The van der Waals surface area contributed by atoms with Gasteiger partial charge in [-0.15, -0.1) is 0 Å². The maximum atomic E-state index is 13.6. The Hall–Kier alpha value is -4.20. The third kappa shape index (κ3) is 3.59. The molecule has 0 spiro atoms. The first kappa shape index (κ1) is 18.8. The molecule has 8 heteroatoms. The van der Waals surface area contributed by atoms with Gasteiger partial charge in [0.25, 0.3) is 0 Å². The summed E-state index contributed by atoms with van der Waals surface area (Å²) >= 11 is 0. The standard InChI is InChI=1S/C23H16FN3O4/c24-15-5-3-4-14(10-15)22(29)23-26-17-6-1-2-7-18(17)27(23)12-21(28)25-16-8-9-19-20(11-16)31-13-30-19/h1-11H,12-13H2,(H,25,28). The molecule has 0 unspecified atom stereocenters. The molecule has 1 aliphatic rings. The summed E-state index contributed by atoms with van der Waals surface area (Å²) in [7, 11) is 0. The average molecular weight is 417 g/mol. The van der Waals surface area contributed by atoms with Gasteiger partial charge in [0, 0.05) is 17.3 Å². The summed E-state index contributed by atoms with van der Waals surface area (Å²) in [4.78, 5) is 30.2. The molecule has 5 rings (SSSR count). The van der Waals surface area contributed by atoms with Crippen LogP contribution in [-0.4, -0.2) is 28.0 Å². The maximum absolute atomic E-state index is 13.6. The molecule has 0 fully saturated rings. The van der Waals surface area contributed by atoms with Gasteiger partial charge >= 0.3 is 0 Å². The third-order valence-corrected chi connectivity index (χ3v) is 4.90. The molecule has 3 aromatic carbocycles. The lowest BCUT2D eigenvalue weighted by atomic mass is 10.1. The number of para-hydroxylation sites is 2. The smallest absolute Gasteiger partial charge is 0.244 e. The van der Waals surface area contributed by atoms with E-state index in [9.17, 15) is 14.0 Å². The maximum Gasteiger partial charge on any atom is 0.244 e. The van der Waals surface area contributed by atoms with Gasteiger partial charge in [-0.05, 0) is 36.4 Å². The summed E-state index contributed by atoms with van der Waals surface area (Å²) < 4.78 is 25.8. The fraction of sp³-hybridized carbons (Fsp3) is 0.0870. The van der Waals surface area contributed by atoms with Gasteiger partial charge in [-0.3, -0.25) is 9.59 Å². The largest absolute Gasteiger partial charge is 0.454 e. The molecule has 2 heterocycles. The molecule has 1 aliphatic heterocycles. The molecule has 7 nitrogen and oxygen atoms in total. The Morgan fingerprint density at radius 3 is 2.71 bits per heavy atom. The summed E-state index contributed by atoms with van der Waals surface area (Å²) in [5.41, 5.74) is 1.89. The number of benzene rings is 3. The molecular weight excluding hydrogens is 401 g/mol. The second-order valence-corrected chi connectivity index (χ2v) is 6.97. The van der Waals surface area contributed by atoms with Crippen LogP contribution >= 0.6 is 0 Å². The predicted octanol–water partition coefficient (Wildman–Crippen LogP) is 3.77. The highest BCUT2D eigenvalue weighted by molar-refractivity contribution is 6.08. The van der Waals surface area contributed by atoms with E-state index < -0.39 is 11.6 Å². The fourth-order valence-corrected chi connectivity index (χ4v) is 3.49. The lowest BCUT2D eigenvalue weighted by Crippen LogP contribution is -2.22. The average Bonchev–Trinajstić information content (AvgIpc) is 3.38. The zero-order valence-corrected chi connectivity index (χ0v) is 16.2. The number of amides is 1. The molecule has 1 N–H and O–H groups in total. The van der Waals surface area contributed by atoms with E-state index in [-0.39, 0.29) is 30.6 Å². The van der Waals surface area contributed by atoms with E-state index in [1.807, 2.05) is 0 Å². The highest BCUT2D eigenvalue weighted by Crippen LogP contribution is 2.34. The number of rotatable bonds is 5. The number of carbonyl (C=O) groups is 2. The van der Waals surface area contributed by atoms with Crippen molar-refractivity contribution in [3.05, 3.63) is 83.9 Å². The Labute approximate surface area is 176 Å². The molecule has 0 saturated carbocycles. The highest BCUT2D eigenvalue weighted by Gasteiger charge is 2.21. The Morgan fingerprint density at radius 1 is 1.00 bits per heavy atom. The number of imidazole rings is 1. The fourth-order valence-electron chi connectivity index (χ4n) is 3.49. The van der Waals surface area contributed by atoms with Gasteiger partial charge in [0.05, 0.1) is 11.0 Å². The summed E-state index contributed by atoms with van der Waals surface area (Å²) in [5, 5.41) is 2.80. The Morgan fingerprint density at radius 2 is 1.84 bits per heavy atom. The van der Waals surface area contributed by atoms with Crippen molar-refractivity contribution in [1.29, 1.82) is 0 Å². The molecule has 0 aliphatic carbocycles.